The molecule has 0 amide bonds. The van der Waals surface area contributed by atoms with Gasteiger partial charge in [0.05, 0.1) is 12.1 Å². The third-order valence-corrected chi connectivity index (χ3v) is 5.10. The standard InChI is InChI=1S/C15H20ClNO/c16-13-7-2-1-5-11(13)14-12-6-3-4-8-15(12,18)9-10-17-14/h1-2,5,7,12,14,17-18H,3-4,6,8-10H2/p+1/t12-,14+,15-/m0/s1. The van der Waals surface area contributed by atoms with E-state index in [0.29, 0.717) is 12.0 Å². The molecule has 2 nitrogen and oxygen atoms in total. The van der Waals surface area contributed by atoms with Gasteiger partial charge in [0.15, 0.2) is 0 Å². The van der Waals surface area contributed by atoms with Crippen LogP contribution in [0, 0.1) is 5.92 Å². The van der Waals surface area contributed by atoms with Crippen LogP contribution < -0.4 is 5.32 Å². The monoisotopic (exact) mass is 266 g/mol. The lowest BCUT2D eigenvalue weighted by Gasteiger charge is -2.46. The van der Waals surface area contributed by atoms with Gasteiger partial charge < -0.3 is 10.4 Å². The fraction of sp³-hybridized carbons (Fsp3) is 0.600. The highest BCUT2D eigenvalue weighted by Gasteiger charge is 2.48. The molecule has 1 aliphatic carbocycles. The largest absolute Gasteiger partial charge is 0.389 e. The molecule has 3 N–H and O–H groups in total. The van der Waals surface area contributed by atoms with E-state index >= 15 is 0 Å². The van der Waals surface area contributed by atoms with Gasteiger partial charge in [0.25, 0.3) is 0 Å². The first-order valence-corrected chi connectivity index (χ1v) is 7.39. The van der Waals surface area contributed by atoms with E-state index in [-0.39, 0.29) is 0 Å². The van der Waals surface area contributed by atoms with Crippen molar-refractivity contribution in [2.24, 2.45) is 5.92 Å². The number of halogens is 1. The van der Waals surface area contributed by atoms with Gasteiger partial charge in [-0.3, -0.25) is 0 Å². The summed E-state index contributed by atoms with van der Waals surface area (Å²) in [5, 5.41) is 14.1. The zero-order valence-electron chi connectivity index (χ0n) is 10.6. The maximum Gasteiger partial charge on any atom is 0.119 e. The van der Waals surface area contributed by atoms with Crippen LogP contribution in [-0.2, 0) is 0 Å². The Balaban J connectivity index is 1.94. The lowest BCUT2D eigenvalue weighted by atomic mass is 9.67. The van der Waals surface area contributed by atoms with Gasteiger partial charge in [-0.25, -0.2) is 0 Å². The Kier molecular flexibility index (Phi) is 3.35. The maximum atomic E-state index is 10.9. The first-order valence-electron chi connectivity index (χ1n) is 7.01. The summed E-state index contributed by atoms with van der Waals surface area (Å²) in [6.45, 7) is 1.00. The van der Waals surface area contributed by atoms with E-state index in [9.17, 15) is 5.11 Å². The molecule has 0 spiro atoms. The van der Waals surface area contributed by atoms with Crippen LogP contribution in [0.1, 0.15) is 43.7 Å². The molecule has 1 aromatic rings. The lowest BCUT2D eigenvalue weighted by molar-refractivity contribution is -0.719. The Morgan fingerprint density at radius 2 is 2.06 bits per heavy atom. The van der Waals surface area contributed by atoms with Crippen molar-refractivity contribution in [1.29, 1.82) is 0 Å². The predicted molar refractivity (Wildman–Crippen MR) is 72.5 cm³/mol. The highest BCUT2D eigenvalue weighted by molar-refractivity contribution is 6.31. The van der Waals surface area contributed by atoms with Gasteiger partial charge in [-0.15, -0.1) is 0 Å². The van der Waals surface area contributed by atoms with Crippen molar-refractivity contribution in [2.75, 3.05) is 6.54 Å². The van der Waals surface area contributed by atoms with Crippen LogP contribution >= 0.6 is 11.6 Å². The SMILES string of the molecule is O[C@]12CCCC[C@H]1[C@@H](c1ccccc1Cl)[NH2+]CC2. The molecule has 3 atom stereocenters. The van der Waals surface area contributed by atoms with E-state index in [1.807, 2.05) is 18.2 Å². The van der Waals surface area contributed by atoms with Gasteiger partial charge in [-0.2, -0.15) is 0 Å². The minimum Gasteiger partial charge on any atom is -0.389 e. The van der Waals surface area contributed by atoms with Crippen molar-refractivity contribution in [1.82, 2.24) is 0 Å². The molecule has 1 saturated carbocycles. The van der Waals surface area contributed by atoms with Crippen LogP contribution in [0.5, 0.6) is 0 Å². The Morgan fingerprint density at radius 1 is 1.22 bits per heavy atom. The van der Waals surface area contributed by atoms with Crippen LogP contribution in [0.15, 0.2) is 24.3 Å². The quantitative estimate of drug-likeness (QED) is 0.804. The van der Waals surface area contributed by atoms with Crippen LogP contribution in [0.4, 0.5) is 0 Å². The Morgan fingerprint density at radius 3 is 2.89 bits per heavy atom. The van der Waals surface area contributed by atoms with E-state index in [1.54, 1.807) is 0 Å². The van der Waals surface area contributed by atoms with Gasteiger partial charge in [-0.05, 0) is 18.9 Å². The zero-order valence-corrected chi connectivity index (χ0v) is 11.4. The summed E-state index contributed by atoms with van der Waals surface area (Å²) in [5.41, 5.74) is 0.751. The van der Waals surface area contributed by atoms with Crippen molar-refractivity contribution < 1.29 is 10.4 Å². The number of nitrogens with two attached hydrogens (primary N) is 1. The number of aliphatic hydroxyl groups is 1. The van der Waals surface area contributed by atoms with E-state index in [4.69, 9.17) is 11.6 Å². The fourth-order valence-corrected chi connectivity index (χ4v) is 4.10. The van der Waals surface area contributed by atoms with E-state index in [0.717, 1.165) is 30.8 Å². The van der Waals surface area contributed by atoms with Crippen LogP contribution in [0.25, 0.3) is 0 Å². The molecular weight excluding hydrogens is 246 g/mol. The van der Waals surface area contributed by atoms with E-state index < -0.39 is 5.60 Å². The molecule has 0 bridgehead atoms. The Hall–Kier alpha value is -0.570. The summed E-state index contributed by atoms with van der Waals surface area (Å²) in [5.74, 6) is 0.361. The first-order chi connectivity index (χ1) is 8.71. The van der Waals surface area contributed by atoms with Gasteiger partial charge in [0, 0.05) is 22.9 Å². The van der Waals surface area contributed by atoms with E-state index in [2.05, 4.69) is 11.4 Å². The molecule has 1 saturated heterocycles. The molecule has 0 aromatic heterocycles. The average molecular weight is 267 g/mol. The second-order valence-electron chi connectivity index (χ2n) is 5.78. The first kappa shape index (κ1) is 12.5. The number of piperidine rings is 1. The smallest absolute Gasteiger partial charge is 0.119 e. The summed E-state index contributed by atoms with van der Waals surface area (Å²) in [6.07, 6.45) is 5.43. The minimum absolute atomic E-state index is 0.331. The molecule has 1 aliphatic heterocycles. The number of rotatable bonds is 1. The summed E-state index contributed by atoms with van der Waals surface area (Å²) in [4.78, 5) is 0. The number of benzene rings is 1. The van der Waals surface area contributed by atoms with Gasteiger partial charge in [-0.1, -0.05) is 42.6 Å². The average Bonchev–Trinajstić information content (AvgIpc) is 2.38. The van der Waals surface area contributed by atoms with Crippen LogP contribution in [0.2, 0.25) is 5.02 Å². The zero-order chi connectivity index (χ0) is 12.6. The normalized spacial score (nSPS) is 36.1. The summed E-state index contributed by atoms with van der Waals surface area (Å²) in [7, 11) is 0. The summed E-state index contributed by atoms with van der Waals surface area (Å²) in [6, 6.07) is 8.43. The molecule has 2 fully saturated rings. The molecule has 2 aliphatic rings. The van der Waals surface area contributed by atoms with Gasteiger partial charge in [0.1, 0.15) is 6.04 Å². The number of quaternary nitrogens is 1. The topological polar surface area (TPSA) is 36.8 Å². The number of hydrogen-bond acceptors (Lipinski definition) is 1. The molecule has 98 valence electrons. The predicted octanol–water partition coefficient (Wildman–Crippen LogP) is 2.27. The fourth-order valence-electron chi connectivity index (χ4n) is 3.84. The minimum atomic E-state index is -0.448. The molecule has 18 heavy (non-hydrogen) atoms. The van der Waals surface area contributed by atoms with Gasteiger partial charge >= 0.3 is 0 Å². The Labute approximate surface area is 113 Å². The van der Waals surface area contributed by atoms with Gasteiger partial charge in [0.2, 0.25) is 0 Å². The van der Waals surface area contributed by atoms with Crippen molar-refractivity contribution >= 4 is 11.6 Å². The summed E-state index contributed by atoms with van der Waals surface area (Å²) < 4.78 is 0. The number of fused-ring (bicyclic) bond motifs is 1. The molecule has 1 aromatic carbocycles. The lowest BCUT2D eigenvalue weighted by Crippen LogP contribution is -2.91. The van der Waals surface area contributed by atoms with E-state index in [1.165, 1.54) is 18.4 Å². The van der Waals surface area contributed by atoms with Crippen LogP contribution in [0.3, 0.4) is 0 Å². The maximum absolute atomic E-state index is 10.9. The molecule has 0 unspecified atom stereocenters. The molecular formula is C15H21ClNO+. The van der Waals surface area contributed by atoms with Crippen LogP contribution in [-0.4, -0.2) is 17.3 Å². The second kappa shape index (κ2) is 4.84. The molecule has 3 rings (SSSR count). The number of hydrogen-bond donors (Lipinski definition) is 2. The third-order valence-electron chi connectivity index (χ3n) is 4.76. The molecule has 3 heteroatoms. The Bertz CT molecular complexity index is 432. The second-order valence-corrected chi connectivity index (χ2v) is 6.18. The third kappa shape index (κ3) is 2.07. The van der Waals surface area contributed by atoms with Crippen molar-refractivity contribution in [2.45, 2.75) is 43.7 Å². The van der Waals surface area contributed by atoms with Crippen molar-refractivity contribution in [3.8, 4) is 0 Å². The van der Waals surface area contributed by atoms with Crippen molar-refractivity contribution in [3.05, 3.63) is 34.9 Å². The molecule has 1 heterocycles. The summed E-state index contributed by atoms with van der Waals surface area (Å²) >= 11 is 6.33. The highest BCUT2D eigenvalue weighted by atomic mass is 35.5. The van der Waals surface area contributed by atoms with Crippen molar-refractivity contribution in [3.63, 3.8) is 0 Å². The highest BCUT2D eigenvalue weighted by Crippen LogP contribution is 2.44. The molecule has 0 radical (unpaired) electrons.